The third kappa shape index (κ3) is 3.81. The van der Waals surface area contributed by atoms with Crippen LogP contribution in [0.1, 0.15) is 29.3 Å². The topological polar surface area (TPSA) is 55.0 Å². The van der Waals surface area contributed by atoms with Crippen LogP contribution >= 0.6 is 0 Å². The van der Waals surface area contributed by atoms with Crippen LogP contribution in [-0.2, 0) is 4.79 Å². The predicted octanol–water partition coefficient (Wildman–Crippen LogP) is 4.48. The molecular weight excluding hydrogens is 359 g/mol. The normalized spacial score (nSPS) is 16.1. The van der Waals surface area contributed by atoms with Crippen LogP contribution in [0.3, 0.4) is 0 Å². The lowest BCUT2D eigenvalue weighted by Crippen LogP contribution is -2.31. The van der Waals surface area contributed by atoms with Crippen LogP contribution in [0.5, 0.6) is 5.75 Å². The molecule has 1 aromatic heterocycles. The Balaban J connectivity index is 1.54. The van der Waals surface area contributed by atoms with Gasteiger partial charge in [0.05, 0.1) is 12.0 Å². The molecule has 0 N–H and O–H groups in total. The molecule has 142 valence electrons. The number of ether oxygens (including phenoxy) is 1. The van der Waals surface area contributed by atoms with Crippen LogP contribution in [0, 0.1) is 12.7 Å². The lowest BCUT2D eigenvalue weighted by molar-refractivity contribution is -0.135. The zero-order chi connectivity index (χ0) is 19.5. The second kappa shape index (κ2) is 7.68. The molecule has 0 spiro atoms. The number of furan rings is 1. The number of benzene rings is 2. The van der Waals surface area contributed by atoms with Gasteiger partial charge in [-0.3, -0.25) is 4.79 Å². The van der Waals surface area contributed by atoms with Crippen LogP contribution in [-0.4, -0.2) is 23.2 Å². The van der Waals surface area contributed by atoms with Gasteiger partial charge in [-0.2, -0.15) is 5.10 Å². The molecule has 4 rings (SSSR count). The minimum Gasteiger partial charge on any atom is -0.484 e. The molecule has 1 aliphatic heterocycles. The van der Waals surface area contributed by atoms with E-state index < -0.39 is 0 Å². The number of hydrogen-bond acceptors (Lipinski definition) is 4. The monoisotopic (exact) mass is 378 g/mol. The van der Waals surface area contributed by atoms with Crippen LogP contribution in [0.15, 0.2) is 76.4 Å². The first kappa shape index (κ1) is 18.0. The Hall–Kier alpha value is -3.41. The SMILES string of the molecule is Cc1ccc(C2=NN(C(=O)COc3ccc(F)cc3)[C@H](c3ccco3)C2)cc1. The molecule has 0 saturated carbocycles. The smallest absolute Gasteiger partial charge is 0.281 e. The first-order chi connectivity index (χ1) is 13.6. The Labute approximate surface area is 162 Å². The summed E-state index contributed by atoms with van der Waals surface area (Å²) in [5, 5.41) is 5.97. The summed E-state index contributed by atoms with van der Waals surface area (Å²) in [5.74, 6) is 0.434. The van der Waals surface area contributed by atoms with Crippen molar-refractivity contribution in [3.63, 3.8) is 0 Å². The summed E-state index contributed by atoms with van der Waals surface area (Å²) in [7, 11) is 0. The second-order valence-electron chi connectivity index (χ2n) is 6.63. The van der Waals surface area contributed by atoms with E-state index in [-0.39, 0.29) is 24.4 Å². The first-order valence-corrected chi connectivity index (χ1v) is 8.98. The summed E-state index contributed by atoms with van der Waals surface area (Å²) >= 11 is 0. The quantitative estimate of drug-likeness (QED) is 0.658. The Morgan fingerprint density at radius 1 is 1.18 bits per heavy atom. The van der Waals surface area contributed by atoms with Crippen molar-refractivity contribution in [1.82, 2.24) is 5.01 Å². The van der Waals surface area contributed by atoms with E-state index in [1.165, 1.54) is 29.3 Å². The third-order valence-electron chi connectivity index (χ3n) is 4.60. The van der Waals surface area contributed by atoms with Crippen molar-refractivity contribution in [2.75, 3.05) is 6.61 Å². The summed E-state index contributed by atoms with van der Waals surface area (Å²) in [6, 6.07) is 16.9. The lowest BCUT2D eigenvalue weighted by atomic mass is 10.0. The molecule has 0 radical (unpaired) electrons. The Morgan fingerprint density at radius 2 is 1.93 bits per heavy atom. The van der Waals surface area contributed by atoms with E-state index in [1.807, 2.05) is 37.3 Å². The number of hydrazone groups is 1. The minimum atomic E-state index is -0.358. The average Bonchev–Trinajstić information content (AvgIpc) is 3.37. The highest BCUT2D eigenvalue weighted by Gasteiger charge is 2.35. The number of halogens is 1. The molecule has 28 heavy (non-hydrogen) atoms. The molecule has 0 aliphatic carbocycles. The highest BCUT2D eigenvalue weighted by atomic mass is 19.1. The Kier molecular flexibility index (Phi) is 4.93. The van der Waals surface area contributed by atoms with Gasteiger partial charge in [0.15, 0.2) is 6.61 Å². The Morgan fingerprint density at radius 3 is 2.61 bits per heavy atom. The maximum atomic E-state index is 13.0. The van der Waals surface area contributed by atoms with Crippen molar-refractivity contribution in [3.05, 3.63) is 89.6 Å². The fourth-order valence-electron chi connectivity index (χ4n) is 3.11. The molecule has 0 bridgehead atoms. The maximum absolute atomic E-state index is 13.0. The largest absolute Gasteiger partial charge is 0.484 e. The van der Waals surface area contributed by atoms with Gasteiger partial charge in [-0.05, 0) is 48.9 Å². The van der Waals surface area contributed by atoms with Gasteiger partial charge in [0.25, 0.3) is 5.91 Å². The van der Waals surface area contributed by atoms with Crippen molar-refractivity contribution in [1.29, 1.82) is 0 Å². The molecule has 2 aromatic carbocycles. The number of amides is 1. The molecular formula is C22H19FN2O3. The van der Waals surface area contributed by atoms with Crippen LogP contribution in [0.25, 0.3) is 0 Å². The highest BCUT2D eigenvalue weighted by Crippen LogP contribution is 2.33. The average molecular weight is 378 g/mol. The van der Waals surface area contributed by atoms with E-state index in [2.05, 4.69) is 5.10 Å². The molecule has 5 nitrogen and oxygen atoms in total. The minimum absolute atomic E-state index is 0.201. The summed E-state index contributed by atoms with van der Waals surface area (Å²) < 4.78 is 24.0. The fourth-order valence-corrected chi connectivity index (χ4v) is 3.11. The number of hydrogen-bond donors (Lipinski definition) is 0. The van der Waals surface area contributed by atoms with Gasteiger partial charge >= 0.3 is 0 Å². The summed E-state index contributed by atoms with van der Waals surface area (Å²) in [4.78, 5) is 12.8. The first-order valence-electron chi connectivity index (χ1n) is 8.98. The van der Waals surface area contributed by atoms with Crippen molar-refractivity contribution < 1.29 is 18.3 Å². The van der Waals surface area contributed by atoms with Crippen LogP contribution in [0.4, 0.5) is 4.39 Å². The predicted molar refractivity (Wildman–Crippen MR) is 103 cm³/mol. The zero-order valence-electron chi connectivity index (χ0n) is 15.3. The van der Waals surface area contributed by atoms with E-state index in [0.29, 0.717) is 17.9 Å². The summed E-state index contributed by atoms with van der Waals surface area (Å²) in [5.41, 5.74) is 2.94. The van der Waals surface area contributed by atoms with Crippen LogP contribution in [0.2, 0.25) is 0 Å². The third-order valence-corrected chi connectivity index (χ3v) is 4.60. The fraction of sp³-hybridized carbons (Fsp3) is 0.182. The number of carbonyl (C=O) groups excluding carboxylic acids is 1. The molecule has 0 fully saturated rings. The van der Waals surface area contributed by atoms with Gasteiger partial charge in [-0.25, -0.2) is 9.40 Å². The highest BCUT2D eigenvalue weighted by molar-refractivity contribution is 6.03. The van der Waals surface area contributed by atoms with Crippen LogP contribution < -0.4 is 4.74 Å². The molecule has 1 aliphatic rings. The summed E-state index contributed by atoms with van der Waals surface area (Å²) in [6.45, 7) is 1.82. The number of carbonyl (C=O) groups is 1. The molecule has 1 amide bonds. The maximum Gasteiger partial charge on any atom is 0.281 e. The van der Waals surface area contributed by atoms with E-state index in [4.69, 9.17) is 9.15 Å². The van der Waals surface area contributed by atoms with E-state index in [0.717, 1.165) is 16.8 Å². The molecule has 0 unspecified atom stereocenters. The van der Waals surface area contributed by atoms with Crippen molar-refractivity contribution in [3.8, 4) is 5.75 Å². The van der Waals surface area contributed by atoms with Crippen molar-refractivity contribution >= 4 is 11.6 Å². The molecule has 1 atom stereocenters. The van der Waals surface area contributed by atoms with Crippen molar-refractivity contribution in [2.24, 2.45) is 5.10 Å². The van der Waals surface area contributed by atoms with Gasteiger partial charge in [-0.1, -0.05) is 29.8 Å². The van der Waals surface area contributed by atoms with E-state index >= 15 is 0 Å². The van der Waals surface area contributed by atoms with Gasteiger partial charge < -0.3 is 9.15 Å². The number of nitrogens with zero attached hydrogens (tertiary/aromatic N) is 2. The van der Waals surface area contributed by atoms with E-state index in [1.54, 1.807) is 12.3 Å². The molecule has 3 aromatic rings. The number of rotatable bonds is 5. The molecule has 6 heteroatoms. The van der Waals surface area contributed by atoms with Crippen molar-refractivity contribution in [2.45, 2.75) is 19.4 Å². The standard InChI is InChI=1S/C22H19FN2O3/c1-15-4-6-16(7-5-15)19-13-20(21-3-2-12-27-21)25(24-19)22(26)14-28-18-10-8-17(23)9-11-18/h2-12,20H,13-14H2,1H3/t20-/m0/s1. The van der Waals surface area contributed by atoms with Gasteiger partial charge in [0.1, 0.15) is 23.4 Å². The molecule has 2 heterocycles. The lowest BCUT2D eigenvalue weighted by Gasteiger charge is -2.20. The molecule has 0 saturated heterocycles. The second-order valence-corrected chi connectivity index (χ2v) is 6.63. The van der Waals surface area contributed by atoms with E-state index in [9.17, 15) is 9.18 Å². The van der Waals surface area contributed by atoms with Gasteiger partial charge in [0.2, 0.25) is 0 Å². The zero-order valence-corrected chi connectivity index (χ0v) is 15.3. The summed E-state index contributed by atoms with van der Waals surface area (Å²) in [6.07, 6.45) is 2.13. The van der Waals surface area contributed by atoms with Gasteiger partial charge in [-0.15, -0.1) is 0 Å². The van der Waals surface area contributed by atoms with Gasteiger partial charge in [0, 0.05) is 6.42 Å². The Bertz CT molecular complexity index is 980. The number of aryl methyl sites for hydroxylation is 1.